The number of benzene rings is 1. The Kier molecular flexibility index (Phi) is 3.99. The Morgan fingerprint density at radius 3 is 2.50 bits per heavy atom. The zero-order valence-electron chi connectivity index (χ0n) is 10.5. The number of hydrogen-bond donors (Lipinski definition) is 1. The first-order chi connectivity index (χ1) is 8.69. The Hall–Kier alpha value is -1.39. The number of aliphatic hydroxyl groups is 1. The van der Waals surface area contributed by atoms with Gasteiger partial charge in [-0.2, -0.15) is 0 Å². The maximum absolute atomic E-state index is 11.8. The van der Waals surface area contributed by atoms with Gasteiger partial charge in [0.1, 0.15) is 6.61 Å². The number of ether oxygens (including phenoxy) is 2. The number of carbonyl (C=O) groups is 1. The van der Waals surface area contributed by atoms with Gasteiger partial charge in [-0.05, 0) is 24.1 Å². The highest BCUT2D eigenvalue weighted by molar-refractivity contribution is 5.89. The van der Waals surface area contributed by atoms with Crippen LogP contribution in [0, 0.1) is 5.41 Å². The number of aliphatic hydroxyl groups excluding tert-OH is 1. The molecular formula is C14H18O4. The minimum Gasteiger partial charge on any atom is -0.461 e. The Morgan fingerprint density at radius 1 is 1.39 bits per heavy atom. The molecule has 0 unspecified atom stereocenters. The van der Waals surface area contributed by atoms with Crippen molar-refractivity contribution in [1.29, 1.82) is 0 Å². The van der Waals surface area contributed by atoms with Gasteiger partial charge >= 0.3 is 5.97 Å². The monoisotopic (exact) mass is 250 g/mol. The first kappa shape index (κ1) is 13.1. The molecule has 1 N–H and O–H groups in total. The second-order valence-electron chi connectivity index (χ2n) is 4.78. The predicted molar refractivity (Wildman–Crippen MR) is 66.2 cm³/mol. The summed E-state index contributed by atoms with van der Waals surface area (Å²) in [6.07, 6.45) is 0.948. The van der Waals surface area contributed by atoms with Gasteiger partial charge in [0.15, 0.2) is 0 Å². The van der Waals surface area contributed by atoms with Crippen molar-refractivity contribution in [3.8, 4) is 0 Å². The van der Waals surface area contributed by atoms with Crippen molar-refractivity contribution >= 4 is 5.97 Å². The first-order valence-corrected chi connectivity index (χ1v) is 6.14. The average Bonchev–Trinajstić information content (AvgIpc) is 2.38. The number of esters is 1. The van der Waals surface area contributed by atoms with Crippen LogP contribution in [-0.2, 0) is 16.1 Å². The molecule has 4 heteroatoms. The molecule has 0 saturated carbocycles. The highest BCUT2D eigenvalue weighted by Gasteiger charge is 2.38. The van der Waals surface area contributed by atoms with E-state index in [0.29, 0.717) is 25.4 Å². The van der Waals surface area contributed by atoms with Crippen molar-refractivity contribution < 1.29 is 19.4 Å². The van der Waals surface area contributed by atoms with Gasteiger partial charge in [-0.3, -0.25) is 0 Å². The van der Waals surface area contributed by atoms with Crippen LogP contribution in [0.25, 0.3) is 0 Å². The lowest BCUT2D eigenvalue weighted by molar-refractivity contribution is -0.140. The van der Waals surface area contributed by atoms with Gasteiger partial charge in [0, 0.05) is 0 Å². The summed E-state index contributed by atoms with van der Waals surface area (Å²) < 4.78 is 10.5. The summed E-state index contributed by atoms with van der Waals surface area (Å²) in [6.45, 7) is 3.79. The van der Waals surface area contributed by atoms with Crippen LogP contribution in [0.5, 0.6) is 0 Å². The molecule has 18 heavy (non-hydrogen) atoms. The topological polar surface area (TPSA) is 55.8 Å². The Bertz CT molecular complexity index is 401. The third-order valence-corrected chi connectivity index (χ3v) is 3.45. The molecule has 1 fully saturated rings. The Morgan fingerprint density at radius 2 is 2.06 bits per heavy atom. The van der Waals surface area contributed by atoms with E-state index in [9.17, 15) is 4.79 Å². The van der Waals surface area contributed by atoms with Crippen LogP contribution in [-0.4, -0.2) is 30.9 Å². The third-order valence-electron chi connectivity index (χ3n) is 3.45. The first-order valence-electron chi connectivity index (χ1n) is 6.14. The summed E-state index contributed by atoms with van der Waals surface area (Å²) in [6, 6.07) is 6.78. The molecule has 1 aliphatic heterocycles. The highest BCUT2D eigenvalue weighted by Crippen LogP contribution is 2.31. The fraction of sp³-hybridized carbons (Fsp3) is 0.500. The largest absolute Gasteiger partial charge is 0.461 e. The van der Waals surface area contributed by atoms with Gasteiger partial charge < -0.3 is 14.6 Å². The van der Waals surface area contributed by atoms with Crippen molar-refractivity contribution in [3.63, 3.8) is 0 Å². The van der Waals surface area contributed by atoms with E-state index in [1.807, 2.05) is 0 Å². The zero-order chi connectivity index (χ0) is 13.0. The van der Waals surface area contributed by atoms with Gasteiger partial charge in [0.25, 0.3) is 0 Å². The minimum atomic E-state index is -0.320. The fourth-order valence-corrected chi connectivity index (χ4v) is 1.83. The summed E-state index contributed by atoms with van der Waals surface area (Å²) >= 11 is 0. The SMILES string of the molecule is CCC1(COC(=O)c2ccc(CO)cc2)COC1. The van der Waals surface area contributed by atoms with Crippen LogP contribution in [0.15, 0.2) is 24.3 Å². The molecule has 1 aliphatic rings. The summed E-state index contributed by atoms with van der Waals surface area (Å²) in [5.41, 5.74) is 1.31. The van der Waals surface area contributed by atoms with Crippen LogP contribution in [0.4, 0.5) is 0 Å². The van der Waals surface area contributed by atoms with Gasteiger partial charge in [-0.25, -0.2) is 4.79 Å². The molecule has 0 spiro atoms. The van der Waals surface area contributed by atoms with E-state index in [-0.39, 0.29) is 18.0 Å². The van der Waals surface area contributed by atoms with Crippen molar-refractivity contribution in [3.05, 3.63) is 35.4 Å². The molecular weight excluding hydrogens is 232 g/mol. The predicted octanol–water partition coefficient (Wildman–Crippen LogP) is 1.76. The zero-order valence-corrected chi connectivity index (χ0v) is 10.5. The molecule has 1 heterocycles. The van der Waals surface area contributed by atoms with Crippen LogP contribution < -0.4 is 0 Å². The summed E-state index contributed by atoms with van der Waals surface area (Å²) in [5, 5.41) is 8.92. The molecule has 0 bridgehead atoms. The standard InChI is InChI=1S/C14H18O4/c1-2-14(8-17-9-14)10-18-13(16)12-5-3-11(7-15)4-6-12/h3-6,15H,2,7-10H2,1H3. The maximum atomic E-state index is 11.8. The fourth-order valence-electron chi connectivity index (χ4n) is 1.83. The van der Waals surface area contributed by atoms with E-state index in [1.54, 1.807) is 24.3 Å². The minimum absolute atomic E-state index is 0.0146. The Balaban J connectivity index is 1.90. The second kappa shape index (κ2) is 5.50. The van der Waals surface area contributed by atoms with Crippen LogP contribution in [0.1, 0.15) is 29.3 Å². The molecule has 0 radical (unpaired) electrons. The van der Waals surface area contributed by atoms with Crippen LogP contribution in [0.2, 0.25) is 0 Å². The quantitative estimate of drug-likeness (QED) is 0.809. The number of carbonyl (C=O) groups excluding carboxylic acids is 1. The lowest BCUT2D eigenvalue weighted by Gasteiger charge is -2.39. The molecule has 0 aliphatic carbocycles. The number of rotatable bonds is 5. The highest BCUT2D eigenvalue weighted by atomic mass is 16.5. The summed E-state index contributed by atoms with van der Waals surface area (Å²) in [7, 11) is 0. The molecule has 2 rings (SSSR count). The second-order valence-corrected chi connectivity index (χ2v) is 4.78. The van der Waals surface area contributed by atoms with E-state index >= 15 is 0 Å². The van der Waals surface area contributed by atoms with E-state index < -0.39 is 0 Å². The summed E-state index contributed by atoms with van der Waals surface area (Å²) in [5.74, 6) is -0.320. The van der Waals surface area contributed by atoms with Gasteiger partial charge in [0.05, 0.1) is 30.8 Å². The molecule has 98 valence electrons. The average molecular weight is 250 g/mol. The van der Waals surface area contributed by atoms with E-state index in [2.05, 4.69) is 6.92 Å². The third kappa shape index (κ3) is 2.71. The molecule has 1 saturated heterocycles. The Labute approximate surface area is 107 Å². The normalized spacial score (nSPS) is 17.0. The number of hydrogen-bond acceptors (Lipinski definition) is 4. The van der Waals surface area contributed by atoms with E-state index in [4.69, 9.17) is 14.6 Å². The molecule has 0 aromatic heterocycles. The van der Waals surface area contributed by atoms with Gasteiger partial charge in [-0.1, -0.05) is 19.1 Å². The van der Waals surface area contributed by atoms with Crippen molar-refractivity contribution in [2.75, 3.05) is 19.8 Å². The molecule has 0 atom stereocenters. The lowest BCUT2D eigenvalue weighted by Crippen LogP contribution is -2.46. The van der Waals surface area contributed by atoms with Crippen LogP contribution >= 0.6 is 0 Å². The smallest absolute Gasteiger partial charge is 0.338 e. The van der Waals surface area contributed by atoms with E-state index in [0.717, 1.165) is 12.0 Å². The van der Waals surface area contributed by atoms with Crippen LogP contribution in [0.3, 0.4) is 0 Å². The van der Waals surface area contributed by atoms with E-state index in [1.165, 1.54) is 0 Å². The maximum Gasteiger partial charge on any atom is 0.338 e. The molecule has 0 amide bonds. The lowest BCUT2D eigenvalue weighted by atomic mass is 9.84. The van der Waals surface area contributed by atoms with Gasteiger partial charge in [0.2, 0.25) is 0 Å². The van der Waals surface area contributed by atoms with Crippen molar-refractivity contribution in [2.24, 2.45) is 5.41 Å². The molecule has 1 aromatic carbocycles. The van der Waals surface area contributed by atoms with Crippen molar-refractivity contribution in [2.45, 2.75) is 20.0 Å². The molecule has 4 nitrogen and oxygen atoms in total. The molecule has 1 aromatic rings. The summed E-state index contributed by atoms with van der Waals surface area (Å²) in [4.78, 5) is 11.8. The van der Waals surface area contributed by atoms with Gasteiger partial charge in [-0.15, -0.1) is 0 Å². The van der Waals surface area contributed by atoms with Crippen molar-refractivity contribution in [1.82, 2.24) is 0 Å².